The summed E-state index contributed by atoms with van der Waals surface area (Å²) in [5, 5.41) is 4.28. The highest BCUT2D eigenvalue weighted by Gasteiger charge is 2.26. The predicted octanol–water partition coefficient (Wildman–Crippen LogP) is 3.21. The molecule has 1 heterocycles. The number of carbonyl (C=O) groups is 1. The minimum absolute atomic E-state index is 0.00364. The number of hydrogen-bond acceptors (Lipinski definition) is 2. The van der Waals surface area contributed by atoms with Gasteiger partial charge in [0.05, 0.1) is 10.6 Å². The van der Waals surface area contributed by atoms with Crippen LogP contribution in [0.1, 0.15) is 30.1 Å². The molecule has 1 aromatic rings. The number of amides is 1. The molecule has 1 aliphatic rings. The van der Waals surface area contributed by atoms with Crippen molar-refractivity contribution in [2.75, 3.05) is 19.6 Å². The Kier molecular flexibility index (Phi) is 5.08. The molecule has 0 atom stereocenters. The third-order valence-electron chi connectivity index (χ3n) is 3.51. The van der Waals surface area contributed by atoms with Gasteiger partial charge in [-0.05, 0) is 51.1 Å². The van der Waals surface area contributed by atoms with Gasteiger partial charge >= 0.3 is 0 Å². The highest BCUT2D eigenvalue weighted by atomic mass is 35.5. The lowest BCUT2D eigenvalue weighted by molar-refractivity contribution is 0.0656. The largest absolute Gasteiger partial charge is 0.336 e. The Labute approximate surface area is 123 Å². The summed E-state index contributed by atoms with van der Waals surface area (Å²) in [6.45, 7) is 4.62. The maximum atomic E-state index is 12.6. The molecule has 0 unspecified atom stereocenters. The quantitative estimate of drug-likeness (QED) is 0.930. The summed E-state index contributed by atoms with van der Waals surface area (Å²) in [5.74, 6) is -0.00364. The predicted molar refractivity (Wildman–Crippen MR) is 79.1 cm³/mol. The van der Waals surface area contributed by atoms with Gasteiger partial charge < -0.3 is 10.2 Å². The van der Waals surface area contributed by atoms with Crippen molar-refractivity contribution in [1.82, 2.24) is 10.2 Å². The van der Waals surface area contributed by atoms with Crippen LogP contribution in [0.15, 0.2) is 18.2 Å². The zero-order valence-electron chi connectivity index (χ0n) is 11.0. The van der Waals surface area contributed by atoms with Gasteiger partial charge in [-0.3, -0.25) is 4.79 Å². The van der Waals surface area contributed by atoms with Crippen LogP contribution >= 0.6 is 23.2 Å². The second-order valence-electron chi connectivity index (χ2n) is 4.70. The van der Waals surface area contributed by atoms with E-state index in [0.717, 1.165) is 25.9 Å². The Bertz CT molecular complexity index is 459. The van der Waals surface area contributed by atoms with Gasteiger partial charge in [-0.15, -0.1) is 0 Å². The maximum absolute atomic E-state index is 12.6. The topological polar surface area (TPSA) is 32.3 Å². The Morgan fingerprint density at radius 1 is 1.37 bits per heavy atom. The first-order valence-corrected chi connectivity index (χ1v) is 7.35. The van der Waals surface area contributed by atoms with Gasteiger partial charge in [-0.1, -0.05) is 23.2 Å². The molecule has 1 aromatic carbocycles. The molecule has 1 fully saturated rings. The third-order valence-corrected chi connectivity index (χ3v) is 4.06. The molecule has 0 radical (unpaired) electrons. The van der Waals surface area contributed by atoms with Gasteiger partial charge in [-0.25, -0.2) is 0 Å². The molecule has 0 aliphatic carbocycles. The number of nitrogens with zero attached hydrogens (tertiary/aromatic N) is 1. The minimum Gasteiger partial charge on any atom is -0.336 e. The van der Waals surface area contributed by atoms with Gasteiger partial charge in [0.15, 0.2) is 0 Å². The first kappa shape index (κ1) is 14.6. The van der Waals surface area contributed by atoms with Crippen LogP contribution in [0, 0.1) is 0 Å². The van der Waals surface area contributed by atoms with Gasteiger partial charge in [0.2, 0.25) is 0 Å². The fourth-order valence-corrected chi connectivity index (χ4v) is 2.99. The summed E-state index contributed by atoms with van der Waals surface area (Å²) >= 11 is 12.0. The van der Waals surface area contributed by atoms with Crippen molar-refractivity contribution in [3.05, 3.63) is 33.8 Å². The summed E-state index contributed by atoms with van der Waals surface area (Å²) in [5.41, 5.74) is 0.534. The summed E-state index contributed by atoms with van der Waals surface area (Å²) in [4.78, 5) is 14.5. The van der Waals surface area contributed by atoms with Gasteiger partial charge in [0.1, 0.15) is 0 Å². The number of hydrogen-bond donors (Lipinski definition) is 1. The summed E-state index contributed by atoms with van der Waals surface area (Å²) in [7, 11) is 0. The molecular formula is C14H18Cl2N2O. The molecule has 0 aromatic heterocycles. The van der Waals surface area contributed by atoms with Crippen LogP contribution in [0.3, 0.4) is 0 Å². The fraction of sp³-hybridized carbons (Fsp3) is 0.500. The van der Waals surface area contributed by atoms with E-state index >= 15 is 0 Å². The van der Waals surface area contributed by atoms with Crippen molar-refractivity contribution in [2.45, 2.75) is 25.8 Å². The second-order valence-corrected chi connectivity index (χ2v) is 5.54. The Morgan fingerprint density at radius 3 is 2.63 bits per heavy atom. The van der Waals surface area contributed by atoms with Crippen molar-refractivity contribution in [3.63, 3.8) is 0 Å². The molecule has 5 heteroatoms. The lowest BCUT2D eigenvalue weighted by atomic mass is 10.0. The number of piperidine rings is 1. The van der Waals surface area contributed by atoms with Crippen molar-refractivity contribution in [2.24, 2.45) is 0 Å². The first-order valence-electron chi connectivity index (χ1n) is 6.60. The molecule has 1 N–H and O–H groups in total. The van der Waals surface area contributed by atoms with Crippen LogP contribution in [0.25, 0.3) is 0 Å². The van der Waals surface area contributed by atoms with E-state index in [-0.39, 0.29) is 5.91 Å². The molecule has 1 aliphatic heterocycles. The number of benzene rings is 1. The van der Waals surface area contributed by atoms with Gasteiger partial charge in [0.25, 0.3) is 5.91 Å². The molecule has 19 heavy (non-hydrogen) atoms. The van der Waals surface area contributed by atoms with Crippen molar-refractivity contribution >= 4 is 29.1 Å². The van der Waals surface area contributed by atoms with E-state index in [9.17, 15) is 4.79 Å². The minimum atomic E-state index is -0.00364. The molecule has 0 saturated carbocycles. The average Bonchev–Trinajstić information content (AvgIpc) is 2.40. The monoisotopic (exact) mass is 300 g/mol. The average molecular weight is 301 g/mol. The van der Waals surface area contributed by atoms with Crippen LogP contribution in [-0.2, 0) is 0 Å². The number of halogens is 2. The van der Waals surface area contributed by atoms with Crippen molar-refractivity contribution in [1.29, 1.82) is 0 Å². The molecule has 0 spiro atoms. The molecule has 0 bridgehead atoms. The van der Waals surface area contributed by atoms with E-state index < -0.39 is 0 Å². The van der Waals surface area contributed by atoms with Crippen LogP contribution in [0.5, 0.6) is 0 Å². The molecular weight excluding hydrogens is 283 g/mol. The normalized spacial score (nSPS) is 16.4. The van der Waals surface area contributed by atoms with Crippen LogP contribution in [0.4, 0.5) is 0 Å². The zero-order chi connectivity index (χ0) is 13.8. The number of carbonyl (C=O) groups excluding carboxylic acids is 1. The molecule has 104 valence electrons. The standard InChI is InChI=1S/C14H18Cl2N2O/c1-2-18(11-5-7-17-8-6-11)14(19)12-4-3-10(15)9-13(12)16/h3-4,9,11,17H,2,5-8H2,1H3. The molecule has 1 amide bonds. The van der Waals surface area contributed by atoms with Crippen LogP contribution in [-0.4, -0.2) is 36.5 Å². The number of nitrogens with one attached hydrogen (secondary N) is 1. The van der Waals surface area contributed by atoms with E-state index in [1.807, 2.05) is 11.8 Å². The highest BCUT2D eigenvalue weighted by molar-refractivity contribution is 6.36. The second kappa shape index (κ2) is 6.60. The first-order chi connectivity index (χ1) is 9.13. The van der Waals surface area contributed by atoms with Gasteiger partial charge in [0, 0.05) is 17.6 Å². The Balaban J connectivity index is 2.19. The SMILES string of the molecule is CCN(C(=O)c1ccc(Cl)cc1Cl)C1CCNCC1. The smallest absolute Gasteiger partial charge is 0.255 e. The van der Waals surface area contributed by atoms with Crippen LogP contribution in [0.2, 0.25) is 10.0 Å². The highest BCUT2D eigenvalue weighted by Crippen LogP contribution is 2.24. The lowest BCUT2D eigenvalue weighted by Gasteiger charge is -2.34. The van der Waals surface area contributed by atoms with Crippen molar-refractivity contribution < 1.29 is 4.79 Å². The fourth-order valence-electron chi connectivity index (χ4n) is 2.50. The maximum Gasteiger partial charge on any atom is 0.255 e. The van der Waals surface area contributed by atoms with E-state index in [4.69, 9.17) is 23.2 Å². The lowest BCUT2D eigenvalue weighted by Crippen LogP contribution is -2.46. The summed E-state index contributed by atoms with van der Waals surface area (Å²) in [6.07, 6.45) is 1.98. The molecule has 3 nitrogen and oxygen atoms in total. The van der Waals surface area contributed by atoms with Crippen molar-refractivity contribution in [3.8, 4) is 0 Å². The third kappa shape index (κ3) is 3.41. The van der Waals surface area contributed by atoms with E-state index in [1.54, 1.807) is 18.2 Å². The summed E-state index contributed by atoms with van der Waals surface area (Å²) in [6, 6.07) is 5.32. The summed E-state index contributed by atoms with van der Waals surface area (Å²) < 4.78 is 0. The van der Waals surface area contributed by atoms with E-state index in [2.05, 4.69) is 5.32 Å². The van der Waals surface area contributed by atoms with E-state index in [0.29, 0.717) is 28.2 Å². The Morgan fingerprint density at radius 2 is 2.05 bits per heavy atom. The zero-order valence-corrected chi connectivity index (χ0v) is 12.5. The number of rotatable bonds is 3. The molecule has 2 rings (SSSR count). The van der Waals surface area contributed by atoms with E-state index in [1.165, 1.54) is 0 Å². The van der Waals surface area contributed by atoms with Gasteiger partial charge in [-0.2, -0.15) is 0 Å². The molecule has 1 saturated heterocycles. The Hall–Kier alpha value is -0.770. The van der Waals surface area contributed by atoms with Crippen LogP contribution < -0.4 is 5.32 Å².